The number of aryl methyl sites for hydroxylation is 1. The summed E-state index contributed by atoms with van der Waals surface area (Å²) in [6, 6.07) is 17.5. The lowest BCUT2D eigenvalue weighted by molar-refractivity contribution is -0.786. The lowest BCUT2D eigenvalue weighted by Crippen LogP contribution is -2.65. The maximum atomic E-state index is 14.0. The molecule has 3 aromatic carbocycles. The van der Waals surface area contributed by atoms with Crippen molar-refractivity contribution in [1.29, 1.82) is 5.53 Å². The molecular weight excluding hydrogens is 1310 g/mol. The van der Waals surface area contributed by atoms with Gasteiger partial charge in [-0.1, -0.05) is 97.8 Å². The summed E-state index contributed by atoms with van der Waals surface area (Å²) in [5.41, 5.74) is 6.44. The molecule has 0 saturated heterocycles. The van der Waals surface area contributed by atoms with Crippen LogP contribution in [0.3, 0.4) is 0 Å². The number of amides is 4. The van der Waals surface area contributed by atoms with Gasteiger partial charge in [0.25, 0.3) is 0 Å². The van der Waals surface area contributed by atoms with E-state index in [2.05, 4.69) is 279 Å². The van der Waals surface area contributed by atoms with Crippen LogP contribution < -0.4 is 21.3 Å². The summed E-state index contributed by atoms with van der Waals surface area (Å²) in [6.07, 6.45) is 3.68. The third-order valence-corrected chi connectivity index (χ3v) is 12.0. The van der Waals surface area contributed by atoms with Crippen molar-refractivity contribution >= 4 is 52.1 Å². The van der Waals surface area contributed by atoms with Gasteiger partial charge in [0.05, 0.1) is 5.34 Å². The fourth-order valence-electron chi connectivity index (χ4n) is 7.98. The minimum atomic E-state index is -1.77. The van der Waals surface area contributed by atoms with Crippen LogP contribution >= 0.6 is 0 Å². The van der Waals surface area contributed by atoms with Crippen LogP contribution in [0.5, 0.6) is 0 Å². The summed E-state index contributed by atoms with van der Waals surface area (Å²) in [5, 5.41) is 70.8. The maximum Gasteiger partial charge on any atom is 0.322 e. The molecule has 3 aromatic rings. The van der Waals surface area contributed by atoms with Crippen molar-refractivity contribution in [3.8, 4) is 201 Å². The SMILES string of the molecule is CC#CC#CC#CC#CC#CC#CC#CC#CC#CC#CC#CC#CC#CC#CC#CC#CC#CC.CC(=O)C[C@H](NC(=O)C1(NC(=O)[C@@H](Cc2ccc(C(C(=O)O)C(=O)O)cc2)NC(C)=O)CCCCC1)C(=O)NCCCc1cccc2ccccc12.N=N/N=N/N(OOOO)OOOOO.[HH].[HH].[HH].[HH].[HH].[HH].[HH].[HH].[HH].[HH].[HH].[HH].[HH].[HH].[HH].[HH].[HH].[HH].[HH]. The van der Waals surface area contributed by atoms with Crippen LogP contribution in [0.15, 0.2) is 82.4 Å². The average molecular weight is 1410 g/mol. The van der Waals surface area contributed by atoms with E-state index in [0.29, 0.717) is 37.8 Å². The normalized spacial score (nSPS) is 10.4. The minimum Gasteiger partial charge on any atom is -0.480 e. The van der Waals surface area contributed by atoms with Crippen molar-refractivity contribution in [3.05, 3.63) is 83.4 Å². The molecule has 1 aliphatic rings. The van der Waals surface area contributed by atoms with E-state index >= 15 is 0 Å². The Morgan fingerprint density at radius 2 is 1.01 bits per heavy atom. The third-order valence-electron chi connectivity index (χ3n) is 12.0. The van der Waals surface area contributed by atoms with Crippen molar-refractivity contribution in [1.82, 2.24) is 26.6 Å². The Labute approximate surface area is 615 Å². The molecular formula is C75H93N9O18. The Morgan fingerprint density at radius 1 is 0.559 bits per heavy atom. The molecule has 1 saturated carbocycles. The van der Waals surface area contributed by atoms with Gasteiger partial charge < -0.3 is 31.5 Å². The van der Waals surface area contributed by atoms with E-state index in [-0.39, 0.29) is 69.5 Å². The Morgan fingerprint density at radius 3 is 1.44 bits per heavy atom. The summed E-state index contributed by atoms with van der Waals surface area (Å²) in [6.45, 7) is 6.28. The van der Waals surface area contributed by atoms with Crippen LogP contribution in [0.1, 0.15) is 122 Å². The first-order valence-corrected chi connectivity index (χ1v) is 29.1. The fraction of sp³-hybridized carbons (Fsp3) is 0.240. The molecule has 0 aromatic heterocycles. The van der Waals surface area contributed by atoms with Gasteiger partial charge in [0.15, 0.2) is 5.92 Å². The zero-order valence-corrected chi connectivity index (χ0v) is 54.4. The number of carbonyl (C=O) groups excluding carboxylic acids is 5. The number of Topliss-reactive ketones (excluding diaryl/α,β-unsaturated/α-hetero) is 1. The van der Waals surface area contributed by atoms with Crippen LogP contribution in [0.25, 0.3) is 10.8 Å². The predicted molar refractivity (Wildman–Crippen MR) is 401 cm³/mol. The molecule has 0 radical (unpaired) electrons. The maximum absolute atomic E-state index is 14.0. The predicted octanol–water partition coefficient (Wildman–Crippen LogP) is 9.00. The number of nitrogens with one attached hydrogen (secondary N) is 5. The Balaban J connectivity index is -0.0000000856. The molecule has 102 heavy (non-hydrogen) atoms. The van der Waals surface area contributed by atoms with Crippen molar-refractivity contribution in [2.75, 3.05) is 6.54 Å². The molecule has 1 aliphatic carbocycles. The molecule has 0 aliphatic heterocycles. The molecule has 2 atom stereocenters. The van der Waals surface area contributed by atoms with E-state index in [9.17, 15) is 43.8 Å². The van der Waals surface area contributed by atoms with E-state index in [1.54, 1.807) is 13.8 Å². The molecule has 4 amide bonds. The van der Waals surface area contributed by atoms with Crippen molar-refractivity contribution in [2.45, 2.75) is 109 Å². The lowest BCUT2D eigenvalue weighted by atomic mass is 9.80. The van der Waals surface area contributed by atoms with Gasteiger partial charge >= 0.3 is 11.9 Å². The van der Waals surface area contributed by atoms with Gasteiger partial charge in [-0.15, -0.1) is 0 Å². The van der Waals surface area contributed by atoms with Crippen molar-refractivity contribution in [3.63, 3.8) is 0 Å². The van der Waals surface area contributed by atoms with E-state index in [4.69, 9.17) is 16.0 Å². The molecule has 27 nitrogen and oxygen atoms in total. The van der Waals surface area contributed by atoms with E-state index < -0.39 is 59.1 Å². The Kier molecular flexibility index (Phi) is 44.1. The summed E-state index contributed by atoms with van der Waals surface area (Å²) in [4.78, 5) is 95.9. The Hall–Kier alpha value is -14.4. The van der Waals surface area contributed by atoms with Gasteiger partial charge in [-0.05, 0) is 214 Å². The summed E-state index contributed by atoms with van der Waals surface area (Å²) in [5.74, 6) is 78.2. The highest BCUT2D eigenvalue weighted by Crippen LogP contribution is 2.29. The first kappa shape index (κ1) is 83.7. The van der Waals surface area contributed by atoms with Crippen LogP contribution in [0, 0.1) is 207 Å². The standard InChI is InChI=1S/C39H46N4O9.C36H6.H3N5O9.19H2/c1-24(44)22-31(34(46)40-21-9-13-28-12-8-11-27-10-4-5-14-30(27)28)42-38(52)39(19-6-3-7-20-39)43-35(47)32(41-25(2)45)23-26-15-17-29(18-16-26)33(36(48)49)37(50)51;1-3-5-7-9-11-13-15-17-19-21-23-25-27-29-31-33-35-36-34-32-30-28-26-24-22-20-18-16-14-12-10-8-6-4-2;1-2-3-4-5(8-12-10-6)9-13-14-11-7;;;;;;;;;;;;;;;;;;;/h4-5,8,10-12,14-18,31-33H,3,6-7,9,13,19-23H2,1-2H3,(H,40,46)(H,41,45)(H,42,52)(H,43,47)(H,48,49)(H,50,51);1-2H3;1,6-7H;19*1H/b;;2-1?,4-3+;;;;;;;;;;;;;;;;;;;/t31-,32+;;;;;;;;;;;;;;;;;;;;;/m0...................../s1. The second kappa shape index (κ2) is 53.8. The highest BCUT2D eigenvalue weighted by Gasteiger charge is 2.43. The first-order chi connectivity index (χ1) is 49.6. The molecule has 0 spiro atoms. The van der Waals surface area contributed by atoms with Gasteiger partial charge in [0.2, 0.25) is 23.6 Å². The van der Waals surface area contributed by atoms with Crippen LogP contribution in [-0.2, 0) is 81.6 Å². The monoisotopic (exact) mass is 1410 g/mol. The highest BCUT2D eigenvalue weighted by atomic mass is 17.8. The van der Waals surface area contributed by atoms with Crippen molar-refractivity contribution < 1.29 is 117 Å². The largest absolute Gasteiger partial charge is 0.480 e. The number of nitrogens with zero attached hydrogens (tertiary/aromatic N) is 4. The van der Waals surface area contributed by atoms with Gasteiger partial charge in [-0.2, -0.15) is 5.53 Å². The molecule has 546 valence electrons. The summed E-state index contributed by atoms with van der Waals surface area (Å²) < 4.78 is 0. The number of ketones is 1. The lowest BCUT2D eigenvalue weighted by Gasteiger charge is -2.38. The number of benzene rings is 3. The number of carboxylic acids is 2. The molecule has 27 heteroatoms. The third kappa shape index (κ3) is 38.2. The van der Waals surface area contributed by atoms with Gasteiger partial charge in [0.1, 0.15) is 23.4 Å². The van der Waals surface area contributed by atoms with Crippen LogP contribution in [-0.4, -0.2) is 91.6 Å². The number of hydrogen-bond donors (Lipinski definition) is 9. The highest BCUT2D eigenvalue weighted by molar-refractivity contribution is 5.99. The van der Waals surface area contributed by atoms with Crippen molar-refractivity contribution in [2.24, 2.45) is 15.7 Å². The fourth-order valence-corrected chi connectivity index (χ4v) is 7.98. The zero-order chi connectivity index (χ0) is 74.5. The number of hydrogen-bond acceptors (Lipinski definition) is 18. The molecule has 0 unspecified atom stereocenters. The minimum absolute atomic E-state index is 0. The number of fused-ring (bicyclic) bond motifs is 1. The second-order valence-electron chi connectivity index (χ2n) is 18.9. The van der Waals surface area contributed by atoms with Crippen LogP contribution in [0.4, 0.5) is 0 Å². The average Bonchev–Trinajstić information content (AvgIpc) is 0.802. The van der Waals surface area contributed by atoms with E-state index in [1.807, 2.05) is 36.4 Å². The molecule has 9 N–H and O–H groups in total. The number of rotatable bonds is 26. The topological polar surface area (TPSA) is 377 Å². The number of carbonyl (C=O) groups is 7. The number of carboxylic acid groups (broad SMARTS) is 2. The second-order valence-corrected chi connectivity index (χ2v) is 18.9. The van der Waals surface area contributed by atoms with E-state index in [0.717, 1.165) is 22.8 Å². The molecule has 0 bridgehead atoms. The van der Waals surface area contributed by atoms with Crippen LogP contribution in [0.2, 0.25) is 0 Å². The molecule has 4 rings (SSSR count). The number of aliphatic carboxylic acids is 2. The molecule has 1 fully saturated rings. The van der Waals surface area contributed by atoms with Gasteiger partial charge in [-0.3, -0.25) is 33.6 Å². The molecule has 0 heterocycles. The smallest absolute Gasteiger partial charge is 0.322 e. The van der Waals surface area contributed by atoms with Gasteiger partial charge in [0, 0.05) is 153 Å². The Bertz CT molecular complexity index is 4650. The zero-order valence-electron chi connectivity index (χ0n) is 54.4. The first-order valence-electron chi connectivity index (χ1n) is 29.1. The quantitative estimate of drug-likeness (QED) is 0.00903. The van der Waals surface area contributed by atoms with Gasteiger partial charge in [-0.25, -0.2) is 10.5 Å². The summed E-state index contributed by atoms with van der Waals surface area (Å²) in [7, 11) is 0. The van der Waals surface area contributed by atoms with E-state index in [1.165, 1.54) is 38.1 Å². The summed E-state index contributed by atoms with van der Waals surface area (Å²) >= 11 is 0.